The Kier molecular flexibility index (Phi) is 8.48. The summed E-state index contributed by atoms with van der Waals surface area (Å²) < 4.78 is 36.8. The van der Waals surface area contributed by atoms with E-state index in [0.29, 0.717) is 16.5 Å². The van der Waals surface area contributed by atoms with Crippen LogP contribution in [0.25, 0.3) is 0 Å². The van der Waals surface area contributed by atoms with Gasteiger partial charge in [-0.25, -0.2) is 13.5 Å². The van der Waals surface area contributed by atoms with Crippen LogP contribution in [0.3, 0.4) is 0 Å². The van der Waals surface area contributed by atoms with Crippen LogP contribution in [0.2, 0.25) is 5.02 Å². The van der Waals surface area contributed by atoms with Gasteiger partial charge in [0.2, 0.25) is 0 Å². The van der Waals surface area contributed by atoms with Crippen molar-refractivity contribution in [1.82, 2.24) is 5.12 Å². The molecule has 0 radical (unpaired) electrons. The number of nitrogens with one attached hydrogen (secondary N) is 1. The first kappa shape index (κ1) is 19.5. The summed E-state index contributed by atoms with van der Waals surface area (Å²) >= 11 is 5.84. The molecule has 1 aromatic rings. The summed E-state index contributed by atoms with van der Waals surface area (Å²) in [5.41, 5.74) is 3.23. The van der Waals surface area contributed by atoms with Crippen molar-refractivity contribution < 1.29 is 47.3 Å². The molecule has 1 aromatic carbocycles. The number of ether oxygens (including phenoxy) is 1. The molecule has 0 amide bonds. The number of rotatable bonds is 7. The Morgan fingerprint density at radius 1 is 1.55 bits per heavy atom. The zero-order valence-electron chi connectivity index (χ0n) is 11.2. The number of halogens is 1. The third kappa shape index (κ3) is 6.78. The van der Waals surface area contributed by atoms with Crippen LogP contribution in [0.1, 0.15) is 0 Å². The first-order chi connectivity index (χ1) is 8.85. The van der Waals surface area contributed by atoms with E-state index < -0.39 is 15.9 Å². The molecular weight excluding hydrogens is 317 g/mol. The van der Waals surface area contributed by atoms with Crippen molar-refractivity contribution in [2.75, 3.05) is 24.8 Å². The first-order valence-corrected chi connectivity index (χ1v) is 7.09. The Morgan fingerprint density at radius 2 is 2.20 bits per heavy atom. The van der Waals surface area contributed by atoms with Gasteiger partial charge in [-0.15, -0.1) is 0 Å². The van der Waals surface area contributed by atoms with Gasteiger partial charge in [0.1, 0.15) is 5.75 Å². The Morgan fingerprint density at radius 3 is 2.70 bits per heavy atom. The van der Waals surface area contributed by atoms with E-state index in [1.54, 1.807) is 18.2 Å². The normalized spacial score (nSPS) is 10.3. The van der Waals surface area contributed by atoms with Gasteiger partial charge >= 0.3 is 29.6 Å². The topological polar surface area (TPSA) is 94.1 Å². The molecule has 0 aliphatic heterocycles. The molecule has 1 N–H and O–H groups in total. The second kappa shape index (κ2) is 8.71. The monoisotopic (exact) mass is 329 g/mol. The van der Waals surface area contributed by atoms with Crippen LogP contribution in [0, 0.1) is 0 Å². The number of benzene rings is 1. The van der Waals surface area contributed by atoms with Crippen molar-refractivity contribution in [2.45, 2.75) is 0 Å². The molecule has 7 nitrogen and oxygen atoms in total. The maximum atomic E-state index is 10.6. The van der Waals surface area contributed by atoms with Gasteiger partial charge in [0.05, 0.1) is 35.2 Å². The zero-order valence-corrected chi connectivity index (χ0v) is 14.7. The largest absolute Gasteiger partial charge is 1.00 e. The Balaban J connectivity index is 0.00000361. The van der Waals surface area contributed by atoms with Gasteiger partial charge in [0.15, 0.2) is 0 Å². The number of hydrogen-bond donors (Lipinski definition) is 1. The molecule has 0 aliphatic carbocycles. The first-order valence-electron chi connectivity index (χ1n) is 5.13. The Hall–Kier alpha value is -0.510. The number of hydrogen-bond acceptors (Lipinski definition) is 7. The van der Waals surface area contributed by atoms with Crippen LogP contribution in [0.15, 0.2) is 23.3 Å². The van der Waals surface area contributed by atoms with Crippen LogP contribution in [0.5, 0.6) is 5.75 Å². The third-order valence-electron chi connectivity index (χ3n) is 2.13. The molecule has 0 unspecified atom stereocenters. The van der Waals surface area contributed by atoms with Gasteiger partial charge in [-0.1, -0.05) is 11.6 Å². The van der Waals surface area contributed by atoms with E-state index in [0.717, 1.165) is 5.12 Å². The van der Waals surface area contributed by atoms with Gasteiger partial charge in [-0.2, -0.15) is 5.10 Å². The molecule has 106 valence electrons. The van der Waals surface area contributed by atoms with Gasteiger partial charge in [0, 0.05) is 11.7 Å². The smallest absolute Gasteiger partial charge is 0.748 e. The number of hydrazone groups is 1. The molecule has 0 saturated heterocycles. The van der Waals surface area contributed by atoms with Crippen molar-refractivity contribution in [3.63, 3.8) is 0 Å². The number of anilines is 1. The van der Waals surface area contributed by atoms with Crippen LogP contribution in [-0.2, 0) is 10.1 Å². The molecule has 20 heavy (non-hydrogen) atoms. The Labute approximate surface area is 144 Å². The predicted octanol–water partition coefficient (Wildman–Crippen LogP) is -1.86. The zero-order chi connectivity index (χ0) is 14.5. The van der Waals surface area contributed by atoms with E-state index in [-0.39, 0.29) is 36.1 Å². The minimum Gasteiger partial charge on any atom is -0.748 e. The van der Waals surface area contributed by atoms with Crippen LogP contribution in [-0.4, -0.2) is 44.2 Å². The molecule has 0 fully saturated rings. The van der Waals surface area contributed by atoms with E-state index in [2.05, 4.69) is 17.2 Å². The molecule has 0 bridgehead atoms. The molecule has 0 heterocycles. The molecule has 0 atom stereocenters. The molecular formula is C10H13ClN3NaO4S. The fraction of sp³-hybridized carbons (Fsp3) is 0.300. The summed E-state index contributed by atoms with van der Waals surface area (Å²) in [6, 6.07) is 4.85. The van der Waals surface area contributed by atoms with Gasteiger partial charge < -0.3 is 9.29 Å². The van der Waals surface area contributed by atoms with E-state index in [1.165, 1.54) is 7.11 Å². The fourth-order valence-corrected chi connectivity index (χ4v) is 1.84. The maximum Gasteiger partial charge on any atom is 1.00 e. The average Bonchev–Trinajstić information content (AvgIpc) is 2.33. The summed E-state index contributed by atoms with van der Waals surface area (Å²) in [5, 5.41) is 5.14. The van der Waals surface area contributed by atoms with Crippen molar-refractivity contribution in [1.29, 1.82) is 0 Å². The van der Waals surface area contributed by atoms with Gasteiger partial charge in [-0.3, -0.25) is 5.43 Å². The summed E-state index contributed by atoms with van der Waals surface area (Å²) in [6.07, 6.45) is 0. The second-order valence-electron chi connectivity index (χ2n) is 3.48. The summed E-state index contributed by atoms with van der Waals surface area (Å²) in [6.45, 7) is 3.13. The van der Waals surface area contributed by atoms with Crippen molar-refractivity contribution in [3.05, 3.63) is 23.2 Å². The number of methoxy groups -OCH3 is 1. The molecule has 1 rings (SSSR count). The third-order valence-corrected chi connectivity index (χ3v) is 3.05. The average molecular weight is 330 g/mol. The SMILES string of the molecule is C=NN(CCS(=O)(=O)[O-])Nc1cc(Cl)ccc1OC.[Na+]. The molecule has 0 aliphatic rings. The molecule has 0 spiro atoms. The minimum absolute atomic E-state index is 0. The predicted molar refractivity (Wildman–Crippen MR) is 72.4 cm³/mol. The van der Waals surface area contributed by atoms with Gasteiger partial charge in [-0.05, 0) is 18.2 Å². The molecule has 0 aromatic heterocycles. The van der Waals surface area contributed by atoms with E-state index in [4.69, 9.17) is 16.3 Å². The van der Waals surface area contributed by atoms with Crippen molar-refractivity contribution >= 4 is 34.1 Å². The fourth-order valence-electron chi connectivity index (χ4n) is 1.27. The van der Waals surface area contributed by atoms with E-state index in [9.17, 15) is 13.0 Å². The summed E-state index contributed by atoms with van der Waals surface area (Å²) in [4.78, 5) is 0. The van der Waals surface area contributed by atoms with Crippen LogP contribution in [0.4, 0.5) is 5.69 Å². The Bertz CT molecular complexity index is 555. The minimum atomic E-state index is -4.32. The van der Waals surface area contributed by atoms with E-state index >= 15 is 0 Å². The van der Waals surface area contributed by atoms with Crippen LogP contribution >= 0.6 is 11.6 Å². The molecule has 10 heteroatoms. The van der Waals surface area contributed by atoms with E-state index in [1.807, 2.05) is 0 Å². The number of hydrazine groups is 1. The second-order valence-corrected chi connectivity index (χ2v) is 5.44. The quantitative estimate of drug-likeness (QED) is 0.273. The van der Waals surface area contributed by atoms with Gasteiger partial charge in [0.25, 0.3) is 0 Å². The molecule has 0 saturated carbocycles. The van der Waals surface area contributed by atoms with Crippen LogP contribution < -0.4 is 39.7 Å². The van der Waals surface area contributed by atoms with Crippen molar-refractivity contribution in [2.24, 2.45) is 5.10 Å². The summed E-state index contributed by atoms with van der Waals surface area (Å²) in [7, 11) is -2.85. The van der Waals surface area contributed by atoms with Crippen molar-refractivity contribution in [3.8, 4) is 5.75 Å². The standard InChI is InChI=1S/C10H14ClN3O4S.Na/c1-12-14(5-6-19(15,16)17)13-9-7-8(11)3-4-10(9)18-2;/h3-4,7,13H,1,5-6H2,2H3,(H,15,16,17);/q;+1/p-1. The summed E-state index contributed by atoms with van der Waals surface area (Å²) in [5.74, 6) is -0.106. The number of nitrogens with zero attached hydrogens (tertiary/aromatic N) is 2. The maximum absolute atomic E-state index is 10.6.